The molecule has 0 saturated heterocycles. The molecule has 1 atom stereocenters. The van der Waals surface area contributed by atoms with Crippen LogP contribution < -0.4 is 5.32 Å². The second-order valence-electron chi connectivity index (χ2n) is 6.46. The van der Waals surface area contributed by atoms with Gasteiger partial charge in [0.1, 0.15) is 11.6 Å². The minimum absolute atomic E-state index is 0.0217. The molecule has 3 aromatic carbocycles. The van der Waals surface area contributed by atoms with E-state index in [1.807, 2.05) is 43.3 Å². The van der Waals surface area contributed by atoms with Gasteiger partial charge in [0.15, 0.2) is 0 Å². The molecule has 0 radical (unpaired) electrons. The predicted octanol–water partition coefficient (Wildman–Crippen LogP) is 4.84. The highest BCUT2D eigenvalue weighted by Gasteiger charge is 2.11. The van der Waals surface area contributed by atoms with Crippen molar-refractivity contribution in [3.63, 3.8) is 0 Å². The molecule has 27 heavy (non-hydrogen) atoms. The quantitative estimate of drug-likeness (QED) is 0.524. The molecule has 1 N–H and O–H groups in total. The lowest BCUT2D eigenvalue weighted by molar-refractivity contribution is -0.126. The van der Waals surface area contributed by atoms with Gasteiger partial charge in [-0.2, -0.15) is 0 Å². The first-order valence-corrected chi connectivity index (χ1v) is 9.71. The number of nitrogens with one attached hydrogen (secondary N) is 1. The van der Waals surface area contributed by atoms with E-state index in [0.29, 0.717) is 6.61 Å². The SMILES string of the molecule is CC(NC(=O)COCc1nc2ccccc2s1)c1ccc2ccccc2c1. The maximum absolute atomic E-state index is 12.2. The van der Waals surface area contributed by atoms with Crippen LogP contribution in [0.4, 0.5) is 0 Å². The van der Waals surface area contributed by atoms with Crippen LogP contribution in [0.5, 0.6) is 0 Å². The van der Waals surface area contributed by atoms with Crippen LogP contribution in [-0.4, -0.2) is 17.5 Å². The summed E-state index contributed by atoms with van der Waals surface area (Å²) in [6.45, 7) is 2.35. The van der Waals surface area contributed by atoms with Gasteiger partial charge in [0.25, 0.3) is 0 Å². The Bertz CT molecular complexity index is 1060. The molecular formula is C22H20N2O2S. The average Bonchev–Trinajstić information content (AvgIpc) is 3.10. The lowest BCUT2D eigenvalue weighted by atomic mass is 10.0. The zero-order valence-corrected chi connectivity index (χ0v) is 15.8. The first-order valence-electron chi connectivity index (χ1n) is 8.89. The monoisotopic (exact) mass is 376 g/mol. The van der Waals surface area contributed by atoms with Crippen LogP contribution in [0.2, 0.25) is 0 Å². The second-order valence-corrected chi connectivity index (χ2v) is 7.58. The summed E-state index contributed by atoms with van der Waals surface area (Å²) in [6, 6.07) is 22.3. The average molecular weight is 376 g/mol. The van der Waals surface area contributed by atoms with Gasteiger partial charge in [-0.1, -0.05) is 48.5 Å². The maximum Gasteiger partial charge on any atom is 0.246 e. The van der Waals surface area contributed by atoms with Gasteiger partial charge >= 0.3 is 0 Å². The summed E-state index contributed by atoms with van der Waals surface area (Å²) in [5.41, 5.74) is 2.05. The first kappa shape index (κ1) is 17.6. The Hall–Kier alpha value is -2.76. The molecule has 136 valence electrons. The Morgan fingerprint density at radius 2 is 1.85 bits per heavy atom. The number of benzene rings is 3. The van der Waals surface area contributed by atoms with Gasteiger partial charge in [-0.25, -0.2) is 4.98 Å². The van der Waals surface area contributed by atoms with Crippen molar-refractivity contribution >= 4 is 38.2 Å². The van der Waals surface area contributed by atoms with Crippen molar-refractivity contribution in [1.29, 1.82) is 0 Å². The Morgan fingerprint density at radius 3 is 2.70 bits per heavy atom. The third-order valence-electron chi connectivity index (χ3n) is 4.45. The highest BCUT2D eigenvalue weighted by atomic mass is 32.1. The molecule has 1 unspecified atom stereocenters. The molecule has 0 aliphatic carbocycles. The van der Waals surface area contributed by atoms with Gasteiger partial charge in [-0.3, -0.25) is 4.79 Å². The van der Waals surface area contributed by atoms with Crippen molar-refractivity contribution in [2.24, 2.45) is 0 Å². The third-order valence-corrected chi connectivity index (χ3v) is 5.46. The van der Waals surface area contributed by atoms with Crippen LogP contribution >= 0.6 is 11.3 Å². The van der Waals surface area contributed by atoms with Gasteiger partial charge in [0.2, 0.25) is 5.91 Å². The number of carbonyl (C=O) groups excluding carboxylic acids is 1. The summed E-state index contributed by atoms with van der Waals surface area (Å²) in [6.07, 6.45) is 0. The number of aromatic nitrogens is 1. The number of hydrogen-bond acceptors (Lipinski definition) is 4. The molecule has 4 nitrogen and oxygen atoms in total. The van der Waals surface area contributed by atoms with Gasteiger partial charge in [0.05, 0.1) is 22.9 Å². The zero-order chi connectivity index (χ0) is 18.6. The van der Waals surface area contributed by atoms with Crippen molar-refractivity contribution in [1.82, 2.24) is 10.3 Å². The molecule has 1 amide bonds. The standard InChI is InChI=1S/C22H20N2O2S/c1-15(17-11-10-16-6-2-3-7-18(16)12-17)23-21(25)13-26-14-22-24-19-8-4-5-9-20(19)27-22/h2-12,15H,13-14H2,1H3,(H,23,25). The van der Waals surface area contributed by atoms with Crippen LogP contribution in [-0.2, 0) is 16.1 Å². The van der Waals surface area contributed by atoms with Crippen LogP contribution in [0.3, 0.4) is 0 Å². The number of hydrogen-bond donors (Lipinski definition) is 1. The van der Waals surface area contributed by atoms with Crippen LogP contribution in [0, 0.1) is 0 Å². The number of fused-ring (bicyclic) bond motifs is 2. The van der Waals surface area contributed by atoms with E-state index >= 15 is 0 Å². The van der Waals surface area contributed by atoms with E-state index in [1.54, 1.807) is 11.3 Å². The number of thiazole rings is 1. The summed E-state index contributed by atoms with van der Waals surface area (Å²) >= 11 is 1.59. The highest BCUT2D eigenvalue weighted by molar-refractivity contribution is 7.18. The van der Waals surface area contributed by atoms with E-state index in [4.69, 9.17) is 4.74 Å². The van der Waals surface area contributed by atoms with Crippen LogP contribution in [0.15, 0.2) is 66.7 Å². The number of amides is 1. The fourth-order valence-electron chi connectivity index (χ4n) is 3.06. The Morgan fingerprint density at radius 1 is 1.07 bits per heavy atom. The summed E-state index contributed by atoms with van der Waals surface area (Å²) in [5.74, 6) is -0.128. The Kier molecular flexibility index (Phi) is 5.14. The molecule has 0 aliphatic heterocycles. The lowest BCUT2D eigenvalue weighted by Gasteiger charge is -2.15. The molecule has 0 bridgehead atoms. The van der Waals surface area contributed by atoms with Crippen molar-refractivity contribution < 1.29 is 9.53 Å². The molecule has 5 heteroatoms. The minimum atomic E-state index is -0.128. The number of ether oxygens (including phenoxy) is 1. The predicted molar refractivity (Wildman–Crippen MR) is 110 cm³/mol. The molecule has 0 saturated carbocycles. The third kappa shape index (κ3) is 4.15. The summed E-state index contributed by atoms with van der Waals surface area (Å²) in [4.78, 5) is 16.7. The summed E-state index contributed by atoms with van der Waals surface area (Å²) in [5, 5.41) is 6.24. The van der Waals surface area contributed by atoms with E-state index in [1.165, 1.54) is 10.8 Å². The number of nitrogens with zero attached hydrogens (tertiary/aromatic N) is 1. The van der Waals surface area contributed by atoms with Gasteiger partial charge < -0.3 is 10.1 Å². The van der Waals surface area contributed by atoms with Gasteiger partial charge in [0, 0.05) is 0 Å². The molecule has 0 spiro atoms. The van der Waals surface area contributed by atoms with E-state index in [2.05, 4.69) is 40.6 Å². The molecule has 1 heterocycles. The minimum Gasteiger partial charge on any atom is -0.364 e. The number of carbonyl (C=O) groups is 1. The molecular weight excluding hydrogens is 356 g/mol. The fourth-order valence-corrected chi connectivity index (χ4v) is 3.96. The fraction of sp³-hybridized carbons (Fsp3) is 0.182. The molecule has 1 aromatic heterocycles. The topological polar surface area (TPSA) is 51.2 Å². The first-order chi connectivity index (χ1) is 13.2. The largest absolute Gasteiger partial charge is 0.364 e. The number of rotatable bonds is 6. The molecule has 4 rings (SSSR count). The van der Waals surface area contributed by atoms with Crippen molar-refractivity contribution in [3.8, 4) is 0 Å². The lowest BCUT2D eigenvalue weighted by Crippen LogP contribution is -2.30. The molecule has 0 fully saturated rings. The second kappa shape index (κ2) is 7.86. The Labute approximate surface area is 161 Å². The van der Waals surface area contributed by atoms with E-state index in [9.17, 15) is 4.79 Å². The normalized spacial score (nSPS) is 12.3. The van der Waals surface area contributed by atoms with E-state index < -0.39 is 0 Å². The summed E-state index contributed by atoms with van der Waals surface area (Å²) in [7, 11) is 0. The number of para-hydroxylation sites is 1. The highest BCUT2D eigenvalue weighted by Crippen LogP contribution is 2.22. The maximum atomic E-state index is 12.2. The van der Waals surface area contributed by atoms with Crippen LogP contribution in [0.25, 0.3) is 21.0 Å². The van der Waals surface area contributed by atoms with Gasteiger partial charge in [-0.15, -0.1) is 11.3 Å². The Balaban J connectivity index is 1.31. The van der Waals surface area contributed by atoms with Crippen molar-refractivity contribution in [2.45, 2.75) is 19.6 Å². The van der Waals surface area contributed by atoms with Crippen LogP contribution in [0.1, 0.15) is 23.5 Å². The zero-order valence-electron chi connectivity index (χ0n) is 15.0. The molecule has 0 aliphatic rings. The van der Waals surface area contributed by atoms with Crippen molar-refractivity contribution in [3.05, 3.63) is 77.3 Å². The molecule has 4 aromatic rings. The van der Waals surface area contributed by atoms with Crippen molar-refractivity contribution in [2.75, 3.05) is 6.61 Å². The van der Waals surface area contributed by atoms with Gasteiger partial charge in [-0.05, 0) is 41.5 Å². The summed E-state index contributed by atoms with van der Waals surface area (Å²) < 4.78 is 6.68. The van der Waals surface area contributed by atoms with E-state index in [-0.39, 0.29) is 18.6 Å². The van der Waals surface area contributed by atoms with E-state index in [0.717, 1.165) is 20.8 Å². The smallest absolute Gasteiger partial charge is 0.246 e.